The minimum atomic E-state index is -3.46. The van der Waals surface area contributed by atoms with Crippen LogP contribution in [-0.4, -0.2) is 20.1 Å². The third kappa shape index (κ3) is 2.69. The molecule has 0 amide bonds. The molecule has 0 spiro atoms. The van der Waals surface area contributed by atoms with Gasteiger partial charge in [0.05, 0.1) is 5.69 Å². The molecule has 4 rings (SSSR count). The molecule has 0 unspecified atom stereocenters. The van der Waals surface area contributed by atoms with Crippen LogP contribution in [-0.2, 0) is 22.2 Å². The van der Waals surface area contributed by atoms with Crippen molar-refractivity contribution < 1.29 is 12.9 Å². The van der Waals surface area contributed by atoms with Crippen molar-refractivity contribution in [1.29, 1.82) is 0 Å². The van der Waals surface area contributed by atoms with Crippen molar-refractivity contribution in [1.82, 2.24) is 5.16 Å². The summed E-state index contributed by atoms with van der Waals surface area (Å²) >= 11 is 0. The van der Waals surface area contributed by atoms with E-state index in [-0.39, 0.29) is 5.75 Å². The fourth-order valence-corrected chi connectivity index (χ4v) is 4.57. The van der Waals surface area contributed by atoms with E-state index in [1.165, 1.54) is 10.6 Å². The Bertz CT molecular complexity index is 951. The molecule has 2 aromatic carbocycles. The van der Waals surface area contributed by atoms with E-state index in [1.807, 2.05) is 30.3 Å². The van der Waals surface area contributed by atoms with Crippen LogP contribution < -0.4 is 4.31 Å². The summed E-state index contributed by atoms with van der Waals surface area (Å²) < 4.78 is 31.5. The minimum absolute atomic E-state index is 0.149. The smallest absolute Gasteiger partial charge is 0.241 e. The average molecular weight is 340 g/mol. The molecular weight excluding hydrogens is 324 g/mol. The number of aromatic nitrogens is 1. The Morgan fingerprint density at radius 1 is 1.04 bits per heavy atom. The number of fused-ring (bicyclic) bond motifs is 1. The fraction of sp³-hybridized carbons (Fsp3) is 0.167. The zero-order valence-electron chi connectivity index (χ0n) is 12.9. The third-order valence-corrected chi connectivity index (χ3v) is 5.91. The van der Waals surface area contributed by atoms with Gasteiger partial charge in [-0.15, -0.1) is 0 Å². The SMILES string of the molecule is O=S(=O)(Cc1ccon1)N1CCc2cc(-c3ccccc3)ccc21. The Morgan fingerprint density at radius 2 is 1.88 bits per heavy atom. The number of benzene rings is 2. The quantitative estimate of drug-likeness (QED) is 0.731. The van der Waals surface area contributed by atoms with Crippen LogP contribution in [0.15, 0.2) is 65.4 Å². The van der Waals surface area contributed by atoms with Gasteiger partial charge in [0, 0.05) is 12.6 Å². The maximum Gasteiger partial charge on any atom is 0.241 e. The number of rotatable bonds is 4. The monoisotopic (exact) mass is 340 g/mol. The van der Waals surface area contributed by atoms with Gasteiger partial charge in [-0.1, -0.05) is 41.6 Å². The van der Waals surface area contributed by atoms with Gasteiger partial charge in [-0.3, -0.25) is 4.31 Å². The fourth-order valence-electron chi connectivity index (χ4n) is 3.05. The summed E-state index contributed by atoms with van der Waals surface area (Å²) in [6.07, 6.45) is 2.10. The molecule has 0 aliphatic carbocycles. The van der Waals surface area contributed by atoms with E-state index in [0.717, 1.165) is 22.4 Å². The second-order valence-electron chi connectivity index (χ2n) is 5.78. The standard InChI is InChI=1S/C18H16N2O3S/c21-24(22,13-17-9-11-23-19-17)20-10-8-16-12-15(6-7-18(16)20)14-4-2-1-3-5-14/h1-7,9,11-12H,8,10,13H2. The van der Waals surface area contributed by atoms with Crippen molar-refractivity contribution in [2.24, 2.45) is 0 Å². The molecule has 0 N–H and O–H groups in total. The summed E-state index contributed by atoms with van der Waals surface area (Å²) in [5, 5.41) is 3.70. The van der Waals surface area contributed by atoms with Crippen molar-refractivity contribution in [2.45, 2.75) is 12.2 Å². The van der Waals surface area contributed by atoms with Gasteiger partial charge in [-0.05, 0) is 35.2 Å². The molecule has 5 nitrogen and oxygen atoms in total. The summed E-state index contributed by atoms with van der Waals surface area (Å²) in [4.78, 5) is 0. The molecular formula is C18H16N2O3S. The van der Waals surface area contributed by atoms with Crippen molar-refractivity contribution >= 4 is 15.7 Å². The van der Waals surface area contributed by atoms with Crippen LogP contribution in [0.4, 0.5) is 5.69 Å². The molecule has 0 atom stereocenters. The topological polar surface area (TPSA) is 63.4 Å². The molecule has 3 aromatic rings. The number of hydrogen-bond acceptors (Lipinski definition) is 4. The second-order valence-corrected chi connectivity index (χ2v) is 7.67. The summed E-state index contributed by atoms with van der Waals surface area (Å²) in [6, 6.07) is 17.6. The normalized spacial score (nSPS) is 13.9. The Hall–Kier alpha value is -2.60. The first kappa shape index (κ1) is 15.0. The lowest BCUT2D eigenvalue weighted by atomic mass is 10.0. The van der Waals surface area contributed by atoms with E-state index >= 15 is 0 Å². The molecule has 24 heavy (non-hydrogen) atoms. The van der Waals surface area contributed by atoms with Crippen LogP contribution >= 0.6 is 0 Å². The Morgan fingerprint density at radius 3 is 2.62 bits per heavy atom. The number of hydrogen-bond donors (Lipinski definition) is 0. The van der Waals surface area contributed by atoms with Crippen molar-refractivity contribution in [2.75, 3.05) is 10.8 Å². The first-order valence-corrected chi connectivity index (χ1v) is 9.32. The lowest BCUT2D eigenvalue weighted by Crippen LogP contribution is -2.30. The summed E-state index contributed by atoms with van der Waals surface area (Å²) in [6.45, 7) is 0.466. The molecule has 0 radical (unpaired) electrons. The van der Waals surface area contributed by atoms with Crippen LogP contribution in [0, 0.1) is 0 Å². The van der Waals surface area contributed by atoms with Crippen LogP contribution in [0.1, 0.15) is 11.3 Å². The predicted molar refractivity (Wildman–Crippen MR) is 92.1 cm³/mol. The van der Waals surface area contributed by atoms with Gasteiger partial charge in [0.2, 0.25) is 10.0 Å². The van der Waals surface area contributed by atoms with Gasteiger partial charge in [-0.25, -0.2) is 8.42 Å². The summed E-state index contributed by atoms with van der Waals surface area (Å²) in [7, 11) is -3.46. The van der Waals surface area contributed by atoms with E-state index in [2.05, 4.69) is 23.4 Å². The number of sulfonamides is 1. The Balaban J connectivity index is 1.65. The lowest BCUT2D eigenvalue weighted by Gasteiger charge is -2.19. The van der Waals surface area contributed by atoms with Gasteiger partial charge in [0.15, 0.2) is 0 Å². The average Bonchev–Trinajstić information content (AvgIpc) is 3.24. The van der Waals surface area contributed by atoms with E-state index in [9.17, 15) is 8.42 Å². The predicted octanol–water partition coefficient (Wildman–Crippen LogP) is 3.23. The summed E-state index contributed by atoms with van der Waals surface area (Å²) in [5.74, 6) is -0.149. The largest absolute Gasteiger partial charge is 0.364 e. The zero-order chi connectivity index (χ0) is 16.6. The van der Waals surface area contributed by atoms with Gasteiger partial charge >= 0.3 is 0 Å². The Kier molecular flexibility index (Phi) is 3.61. The number of nitrogens with zero attached hydrogens (tertiary/aromatic N) is 2. The molecule has 0 saturated heterocycles. The van der Waals surface area contributed by atoms with Crippen LogP contribution in [0.3, 0.4) is 0 Å². The maximum atomic E-state index is 12.7. The van der Waals surface area contributed by atoms with Crippen molar-refractivity contribution in [3.05, 3.63) is 72.1 Å². The minimum Gasteiger partial charge on any atom is -0.364 e. The Labute approximate surface area is 140 Å². The molecule has 1 aromatic heterocycles. The highest BCUT2D eigenvalue weighted by Crippen LogP contribution is 2.34. The van der Waals surface area contributed by atoms with Crippen molar-refractivity contribution in [3.63, 3.8) is 0 Å². The van der Waals surface area contributed by atoms with Gasteiger partial charge in [0.25, 0.3) is 0 Å². The van der Waals surface area contributed by atoms with E-state index < -0.39 is 10.0 Å². The van der Waals surface area contributed by atoms with Gasteiger partial charge in [-0.2, -0.15) is 0 Å². The lowest BCUT2D eigenvalue weighted by molar-refractivity contribution is 0.413. The molecule has 6 heteroatoms. The molecule has 0 saturated carbocycles. The third-order valence-electron chi connectivity index (χ3n) is 4.20. The van der Waals surface area contributed by atoms with Gasteiger partial charge < -0.3 is 4.52 Å². The van der Waals surface area contributed by atoms with E-state index in [1.54, 1.807) is 6.07 Å². The zero-order valence-corrected chi connectivity index (χ0v) is 13.7. The highest BCUT2D eigenvalue weighted by Gasteiger charge is 2.30. The van der Waals surface area contributed by atoms with Crippen LogP contribution in [0.5, 0.6) is 0 Å². The first-order chi connectivity index (χ1) is 11.6. The first-order valence-electron chi connectivity index (χ1n) is 7.71. The molecule has 0 fully saturated rings. The van der Waals surface area contributed by atoms with Crippen LogP contribution in [0.25, 0.3) is 11.1 Å². The van der Waals surface area contributed by atoms with Gasteiger partial charge in [0.1, 0.15) is 17.7 Å². The molecule has 1 aliphatic rings. The second kappa shape index (κ2) is 5.79. The molecule has 2 heterocycles. The number of anilines is 1. The molecule has 1 aliphatic heterocycles. The highest BCUT2D eigenvalue weighted by molar-refractivity contribution is 7.92. The highest BCUT2D eigenvalue weighted by atomic mass is 32.2. The maximum absolute atomic E-state index is 12.7. The molecule has 0 bridgehead atoms. The van der Waals surface area contributed by atoms with E-state index in [4.69, 9.17) is 4.52 Å². The van der Waals surface area contributed by atoms with Crippen molar-refractivity contribution in [3.8, 4) is 11.1 Å². The van der Waals surface area contributed by atoms with E-state index in [0.29, 0.717) is 18.7 Å². The molecule has 122 valence electrons. The van der Waals surface area contributed by atoms with Crippen LogP contribution in [0.2, 0.25) is 0 Å². The summed E-state index contributed by atoms with van der Waals surface area (Å²) in [5.41, 5.74) is 4.47.